The van der Waals surface area contributed by atoms with Crippen LogP contribution in [0.4, 0.5) is 5.82 Å². The van der Waals surface area contributed by atoms with Crippen molar-refractivity contribution in [1.29, 1.82) is 0 Å². The number of pyridine rings is 1. The number of hydrogen-bond donors (Lipinski definition) is 3. The number of nitrogens with two attached hydrogens (primary N) is 1. The predicted molar refractivity (Wildman–Crippen MR) is 145 cm³/mol. The van der Waals surface area contributed by atoms with Crippen molar-refractivity contribution in [2.75, 3.05) is 18.9 Å². The van der Waals surface area contributed by atoms with Crippen LogP contribution in [0.2, 0.25) is 0 Å². The fourth-order valence-corrected chi connectivity index (χ4v) is 4.86. The smallest absolute Gasteiger partial charge is 0.326 e. The molecule has 2 aromatic carbocycles. The number of nitrogens with zero attached hydrogens (tertiary/aromatic N) is 1. The van der Waals surface area contributed by atoms with Crippen molar-refractivity contribution in [3.63, 3.8) is 0 Å². The predicted octanol–water partition coefficient (Wildman–Crippen LogP) is 2.69. The van der Waals surface area contributed by atoms with E-state index in [1.54, 1.807) is 37.3 Å². The highest BCUT2D eigenvalue weighted by atomic mass is 127. The quantitative estimate of drug-likeness (QED) is 0.221. The van der Waals surface area contributed by atoms with Crippen LogP contribution in [0.15, 0.2) is 71.6 Å². The van der Waals surface area contributed by atoms with E-state index in [4.69, 9.17) is 10.5 Å². The molecule has 0 radical (unpaired) electrons. The van der Waals surface area contributed by atoms with Crippen LogP contribution >= 0.6 is 22.6 Å². The summed E-state index contributed by atoms with van der Waals surface area (Å²) in [6.45, 7) is 1.41. The maximum absolute atomic E-state index is 12.8. The van der Waals surface area contributed by atoms with Gasteiger partial charge in [0.2, 0.25) is 10.0 Å². The van der Waals surface area contributed by atoms with Gasteiger partial charge >= 0.3 is 5.97 Å². The molecule has 4 N–H and O–H groups in total. The lowest BCUT2D eigenvalue weighted by Crippen LogP contribution is -2.49. The van der Waals surface area contributed by atoms with Crippen LogP contribution in [0.3, 0.4) is 0 Å². The maximum atomic E-state index is 12.8. The molecule has 0 spiro atoms. The molecule has 0 saturated heterocycles. The Morgan fingerprint density at radius 2 is 1.72 bits per heavy atom. The molecule has 0 saturated carbocycles. The van der Waals surface area contributed by atoms with Gasteiger partial charge in [0.05, 0.1) is 11.5 Å². The van der Waals surface area contributed by atoms with Gasteiger partial charge in [-0.1, -0.05) is 18.2 Å². The Morgan fingerprint density at radius 1 is 1.03 bits per heavy atom. The first-order valence-corrected chi connectivity index (χ1v) is 13.8. The molecule has 1 atom stereocenters. The summed E-state index contributed by atoms with van der Waals surface area (Å²) < 4.78 is 33.7. The summed E-state index contributed by atoms with van der Waals surface area (Å²) in [5.74, 6) is -0.749. The second-order valence-electron chi connectivity index (χ2n) is 7.84. The van der Waals surface area contributed by atoms with Gasteiger partial charge in [0.25, 0.3) is 5.91 Å². The summed E-state index contributed by atoms with van der Waals surface area (Å²) in [6.07, 6.45) is 1.43. The Morgan fingerprint density at radius 3 is 2.36 bits per heavy atom. The topological polar surface area (TPSA) is 140 Å². The van der Waals surface area contributed by atoms with Crippen LogP contribution in [0.5, 0.6) is 0 Å². The number of rotatable bonds is 11. The summed E-state index contributed by atoms with van der Waals surface area (Å²) in [6, 6.07) is 17.4. The summed E-state index contributed by atoms with van der Waals surface area (Å²) >= 11 is 2.06. The summed E-state index contributed by atoms with van der Waals surface area (Å²) in [5, 5.41) is 2.61. The van der Waals surface area contributed by atoms with Crippen LogP contribution in [0, 0.1) is 3.57 Å². The number of carbonyl (C=O) groups excluding carboxylic acids is 2. The van der Waals surface area contributed by atoms with Crippen LogP contribution in [0.1, 0.15) is 28.5 Å². The molecule has 1 heterocycles. The number of hydrogen-bond acceptors (Lipinski definition) is 7. The largest absolute Gasteiger partial charge is 0.465 e. The Balaban J connectivity index is 1.61. The zero-order valence-electron chi connectivity index (χ0n) is 19.6. The number of nitrogens with one attached hydrogen (secondary N) is 2. The van der Waals surface area contributed by atoms with Crippen molar-refractivity contribution in [3.8, 4) is 0 Å². The summed E-state index contributed by atoms with van der Waals surface area (Å²) in [4.78, 5) is 29.3. The van der Waals surface area contributed by atoms with Gasteiger partial charge in [-0.05, 0) is 96.5 Å². The number of aromatic nitrogens is 1. The number of sulfonamides is 1. The van der Waals surface area contributed by atoms with E-state index in [9.17, 15) is 18.0 Å². The minimum atomic E-state index is -4.01. The minimum absolute atomic E-state index is 0.00696. The molecule has 190 valence electrons. The molecule has 0 aliphatic carbocycles. The van der Waals surface area contributed by atoms with Gasteiger partial charge in [-0.25, -0.2) is 13.4 Å². The number of anilines is 1. The fraction of sp³-hybridized carbons (Fsp3) is 0.240. The highest BCUT2D eigenvalue weighted by Crippen LogP contribution is 2.13. The van der Waals surface area contributed by atoms with E-state index in [1.165, 1.54) is 12.1 Å². The van der Waals surface area contributed by atoms with Crippen molar-refractivity contribution in [3.05, 3.63) is 87.1 Å². The van der Waals surface area contributed by atoms with Gasteiger partial charge in [0.1, 0.15) is 11.9 Å². The monoisotopic (exact) mass is 622 g/mol. The zero-order chi connectivity index (χ0) is 26.1. The summed E-state index contributed by atoms with van der Waals surface area (Å²) in [7, 11) is -4.01. The number of ether oxygens (including phenoxy) is 1. The molecule has 0 fully saturated rings. The third kappa shape index (κ3) is 8.00. The highest BCUT2D eigenvalue weighted by molar-refractivity contribution is 14.1. The molecule has 9 nitrogen and oxygen atoms in total. The Bertz CT molecular complexity index is 1300. The lowest BCUT2D eigenvalue weighted by Gasteiger charge is -2.18. The van der Waals surface area contributed by atoms with E-state index in [-0.39, 0.29) is 18.0 Å². The van der Waals surface area contributed by atoms with Crippen molar-refractivity contribution in [1.82, 2.24) is 15.0 Å². The average Bonchev–Trinajstić information content (AvgIpc) is 2.86. The lowest BCUT2D eigenvalue weighted by molar-refractivity contribution is -0.144. The first kappa shape index (κ1) is 27.6. The minimum Gasteiger partial charge on any atom is -0.465 e. The van der Waals surface area contributed by atoms with Crippen LogP contribution in [-0.2, 0) is 32.4 Å². The first-order chi connectivity index (χ1) is 17.2. The van der Waals surface area contributed by atoms with E-state index in [1.807, 2.05) is 24.3 Å². The molecule has 1 amide bonds. The van der Waals surface area contributed by atoms with Gasteiger partial charge in [-0.3, -0.25) is 9.59 Å². The number of amides is 1. The molecule has 3 rings (SSSR count). The van der Waals surface area contributed by atoms with Gasteiger partial charge in [0, 0.05) is 21.4 Å². The van der Waals surface area contributed by atoms with Crippen LogP contribution in [0.25, 0.3) is 0 Å². The number of esters is 1. The second-order valence-corrected chi connectivity index (χ2v) is 10.8. The third-order valence-corrected chi connectivity index (χ3v) is 7.38. The molecular formula is C25H27IN4O5S. The number of aryl methyl sites for hydroxylation is 2. The van der Waals surface area contributed by atoms with Crippen LogP contribution < -0.4 is 15.8 Å². The third-order valence-electron chi connectivity index (χ3n) is 5.17. The Kier molecular flexibility index (Phi) is 9.79. The molecule has 0 unspecified atom stereocenters. The van der Waals surface area contributed by atoms with Crippen molar-refractivity contribution < 1.29 is 22.7 Å². The molecule has 11 heteroatoms. The van der Waals surface area contributed by atoms with E-state index in [0.29, 0.717) is 17.8 Å². The average molecular weight is 622 g/mol. The standard InChI is InChI=1S/C25H27IN4O5S/c1-2-35-25(32)22(30-36(33,34)21-14-11-19(26)12-15-21)16-28-24(31)18-9-6-17(7-10-18)8-13-20-4-3-5-23(27)29-20/h3-7,9-12,14-15,22,30H,2,8,13,16H2,1H3,(H2,27,29)(H,28,31)/t22-/m0/s1. The van der Waals surface area contributed by atoms with Gasteiger partial charge in [-0.15, -0.1) is 0 Å². The van der Waals surface area contributed by atoms with E-state index in [2.05, 4.69) is 37.6 Å². The highest BCUT2D eigenvalue weighted by Gasteiger charge is 2.27. The van der Waals surface area contributed by atoms with Crippen molar-refractivity contribution in [2.24, 2.45) is 0 Å². The van der Waals surface area contributed by atoms with Crippen molar-refractivity contribution >= 4 is 50.3 Å². The Hall–Kier alpha value is -3.03. The molecular weight excluding hydrogens is 595 g/mol. The number of carbonyl (C=O) groups is 2. The molecule has 1 aromatic heterocycles. The lowest BCUT2D eigenvalue weighted by atomic mass is 10.1. The van der Waals surface area contributed by atoms with Crippen LogP contribution in [-0.4, -0.2) is 44.5 Å². The maximum Gasteiger partial charge on any atom is 0.326 e. The Labute approximate surface area is 224 Å². The molecule has 36 heavy (non-hydrogen) atoms. The number of halogens is 1. The SMILES string of the molecule is CCOC(=O)[C@H](CNC(=O)c1ccc(CCc2cccc(N)n2)cc1)NS(=O)(=O)c1ccc(I)cc1. The van der Waals surface area contributed by atoms with Gasteiger partial charge < -0.3 is 15.8 Å². The molecule has 0 bridgehead atoms. The van der Waals surface area contributed by atoms with Gasteiger partial charge in [0.15, 0.2) is 0 Å². The number of nitrogen functional groups attached to an aromatic ring is 1. The number of benzene rings is 2. The fourth-order valence-electron chi connectivity index (χ4n) is 3.31. The first-order valence-electron chi connectivity index (χ1n) is 11.2. The molecule has 0 aliphatic heterocycles. The van der Waals surface area contributed by atoms with Crippen molar-refractivity contribution in [2.45, 2.75) is 30.7 Å². The second kappa shape index (κ2) is 12.8. The molecule has 3 aromatic rings. The molecule has 0 aliphatic rings. The zero-order valence-corrected chi connectivity index (χ0v) is 22.6. The normalized spacial score (nSPS) is 12.1. The van der Waals surface area contributed by atoms with Gasteiger partial charge in [-0.2, -0.15) is 4.72 Å². The van der Waals surface area contributed by atoms with E-state index in [0.717, 1.165) is 21.2 Å². The van der Waals surface area contributed by atoms with E-state index >= 15 is 0 Å². The van der Waals surface area contributed by atoms with E-state index < -0.39 is 27.9 Å². The summed E-state index contributed by atoms with van der Waals surface area (Å²) in [5.41, 5.74) is 7.99.